The first-order valence-electron chi connectivity index (χ1n) is 13.1. The molecule has 0 aliphatic carbocycles. The zero-order valence-electron chi connectivity index (χ0n) is 21.7. The van der Waals surface area contributed by atoms with Crippen molar-refractivity contribution in [3.63, 3.8) is 0 Å². The number of hydrogen-bond acceptors (Lipinski definition) is 7. The van der Waals surface area contributed by atoms with Crippen LogP contribution < -0.4 is 15.0 Å². The number of carbonyl (C=O) groups excluding carboxylic acids is 2. The largest absolute Gasteiger partial charge is 0.483 e. The quantitative estimate of drug-likeness (QED) is 0.525. The predicted octanol–water partition coefficient (Wildman–Crippen LogP) is 2.93. The smallest absolute Gasteiger partial charge is 0.258 e. The van der Waals surface area contributed by atoms with E-state index >= 15 is 0 Å². The van der Waals surface area contributed by atoms with Crippen LogP contribution >= 0.6 is 11.6 Å². The maximum Gasteiger partial charge on any atom is 0.258 e. The normalized spacial score (nSPS) is 18.8. The summed E-state index contributed by atoms with van der Waals surface area (Å²) in [7, 11) is 1.96. The van der Waals surface area contributed by atoms with E-state index in [4.69, 9.17) is 26.4 Å². The van der Waals surface area contributed by atoms with Crippen molar-refractivity contribution >= 4 is 34.9 Å². The van der Waals surface area contributed by atoms with Crippen LogP contribution in [-0.2, 0) is 11.2 Å². The number of nitrogens with zero attached hydrogens (tertiary/aromatic N) is 5. The summed E-state index contributed by atoms with van der Waals surface area (Å²) in [6.45, 7) is 3.39. The van der Waals surface area contributed by atoms with Crippen LogP contribution in [0.5, 0.6) is 5.75 Å². The first-order valence-corrected chi connectivity index (χ1v) is 13.5. The fraction of sp³-hybridized carbons (Fsp3) is 0.481. The van der Waals surface area contributed by atoms with Gasteiger partial charge in [-0.25, -0.2) is 4.98 Å². The summed E-state index contributed by atoms with van der Waals surface area (Å²) in [5.74, 6) is 0.710. The van der Waals surface area contributed by atoms with Gasteiger partial charge in [-0.05, 0) is 57.2 Å². The standard InChI is InChI=1S/C27H33ClN6O4/c1-17-20(6-5-13-35)30-24-15-21-22-7-3-4-11-33(22)27(37)19-14-18(28)8-9-23(19)38-16-25(36)29-10-12-32(2)26(17)34(24)31-21/h8-9,14-15,22,35H,3-7,10-13,16H2,1-2H3,(H,29,36). The van der Waals surface area contributed by atoms with E-state index in [1.54, 1.807) is 18.2 Å². The van der Waals surface area contributed by atoms with E-state index in [0.29, 0.717) is 54.5 Å². The highest BCUT2D eigenvalue weighted by Crippen LogP contribution is 2.35. The van der Waals surface area contributed by atoms with Gasteiger partial charge in [0.25, 0.3) is 11.8 Å². The van der Waals surface area contributed by atoms with Crippen molar-refractivity contribution in [2.75, 3.05) is 44.8 Å². The van der Waals surface area contributed by atoms with E-state index in [0.717, 1.165) is 42.0 Å². The van der Waals surface area contributed by atoms with Crippen LogP contribution in [0.1, 0.15) is 59.0 Å². The van der Waals surface area contributed by atoms with Crippen molar-refractivity contribution < 1.29 is 19.4 Å². The van der Waals surface area contributed by atoms with Crippen molar-refractivity contribution in [2.24, 2.45) is 0 Å². The lowest BCUT2D eigenvalue weighted by Gasteiger charge is -2.35. The van der Waals surface area contributed by atoms with Crippen LogP contribution in [0, 0.1) is 6.92 Å². The highest BCUT2D eigenvalue weighted by molar-refractivity contribution is 6.31. The highest BCUT2D eigenvalue weighted by atomic mass is 35.5. The van der Waals surface area contributed by atoms with E-state index in [1.165, 1.54) is 0 Å². The number of carbonyl (C=O) groups is 2. The molecule has 38 heavy (non-hydrogen) atoms. The molecule has 0 spiro atoms. The first-order chi connectivity index (χ1) is 18.4. The van der Waals surface area contributed by atoms with Crippen molar-refractivity contribution in [1.29, 1.82) is 0 Å². The Morgan fingerprint density at radius 1 is 1.21 bits per heavy atom. The summed E-state index contributed by atoms with van der Waals surface area (Å²) in [5.41, 5.74) is 3.67. The van der Waals surface area contributed by atoms with Gasteiger partial charge in [-0.15, -0.1) is 0 Å². The minimum atomic E-state index is -0.281. The van der Waals surface area contributed by atoms with Gasteiger partial charge in [0.2, 0.25) is 0 Å². The molecule has 1 atom stereocenters. The topological polar surface area (TPSA) is 112 Å². The number of fused-ring (bicyclic) bond motifs is 4. The molecule has 2 aliphatic rings. The van der Waals surface area contributed by atoms with Crippen LogP contribution in [0.4, 0.5) is 5.82 Å². The number of hydrogen-bond donors (Lipinski definition) is 2. The Labute approximate surface area is 226 Å². The minimum absolute atomic E-state index is 0.0841. The number of nitrogens with one attached hydrogen (secondary N) is 1. The molecule has 11 heteroatoms. The van der Waals surface area contributed by atoms with E-state index in [-0.39, 0.29) is 31.1 Å². The van der Waals surface area contributed by atoms with Gasteiger partial charge in [-0.3, -0.25) is 9.59 Å². The molecule has 2 N–H and O–H groups in total. The summed E-state index contributed by atoms with van der Waals surface area (Å²) in [6, 6.07) is 6.61. The Hall–Kier alpha value is -3.37. The fourth-order valence-corrected chi connectivity index (χ4v) is 5.50. The number of benzene rings is 1. The number of likely N-dealkylation sites (N-methyl/N-ethyl adjacent to an activating group) is 1. The number of aliphatic hydroxyl groups is 1. The molecule has 1 aromatic carbocycles. The van der Waals surface area contributed by atoms with E-state index in [1.807, 2.05) is 29.5 Å². The zero-order valence-corrected chi connectivity index (χ0v) is 22.5. The maximum atomic E-state index is 13.9. The Morgan fingerprint density at radius 2 is 2.05 bits per heavy atom. The molecule has 2 amide bonds. The summed E-state index contributed by atoms with van der Waals surface area (Å²) in [6.07, 6.45) is 3.88. The number of amides is 2. The van der Waals surface area contributed by atoms with Crippen LogP contribution in [0.25, 0.3) is 5.65 Å². The average Bonchev–Trinajstić information content (AvgIpc) is 3.33. The minimum Gasteiger partial charge on any atom is -0.483 e. The third-order valence-electron chi connectivity index (χ3n) is 7.27. The summed E-state index contributed by atoms with van der Waals surface area (Å²) < 4.78 is 7.64. The third kappa shape index (κ3) is 5.15. The van der Waals surface area contributed by atoms with Gasteiger partial charge >= 0.3 is 0 Å². The maximum absolute atomic E-state index is 13.9. The Bertz CT molecular complexity index is 1360. The molecular formula is C27H33ClN6O4. The molecule has 1 unspecified atom stereocenters. The Kier molecular flexibility index (Phi) is 7.71. The number of piperidine rings is 1. The number of halogens is 1. The molecule has 3 aromatic rings. The summed E-state index contributed by atoms with van der Waals surface area (Å²) in [4.78, 5) is 35.3. The van der Waals surface area contributed by atoms with Crippen LogP contribution in [0.3, 0.4) is 0 Å². The van der Waals surface area contributed by atoms with Crippen molar-refractivity contribution in [2.45, 2.75) is 45.1 Å². The number of aliphatic hydroxyl groups excluding tert-OH is 1. The molecule has 2 aromatic heterocycles. The second kappa shape index (κ2) is 11.2. The molecule has 4 heterocycles. The SMILES string of the molecule is Cc1c(CCCO)nc2cc3nn2c1N(C)CCNC(=O)COc1ccc(Cl)cc1C(=O)N1CCCCC31. The molecule has 1 fully saturated rings. The number of ether oxygens (including phenoxy) is 1. The van der Waals surface area contributed by atoms with Crippen LogP contribution in [-0.4, -0.2) is 76.3 Å². The number of aromatic nitrogens is 3. The molecular weight excluding hydrogens is 508 g/mol. The average molecular weight is 541 g/mol. The number of rotatable bonds is 3. The molecule has 2 aliphatic heterocycles. The Morgan fingerprint density at radius 3 is 2.87 bits per heavy atom. The number of anilines is 1. The van der Waals surface area contributed by atoms with Gasteiger partial charge in [0.1, 0.15) is 11.6 Å². The third-order valence-corrected chi connectivity index (χ3v) is 7.50. The van der Waals surface area contributed by atoms with Crippen molar-refractivity contribution in [3.8, 4) is 5.75 Å². The van der Waals surface area contributed by atoms with Gasteiger partial charge in [0.05, 0.1) is 17.3 Å². The van der Waals surface area contributed by atoms with Crippen LogP contribution in [0.2, 0.25) is 5.02 Å². The van der Waals surface area contributed by atoms with Gasteiger partial charge in [0.15, 0.2) is 12.3 Å². The van der Waals surface area contributed by atoms with Gasteiger partial charge in [0, 0.05) is 55.6 Å². The lowest BCUT2D eigenvalue weighted by molar-refractivity contribution is -0.123. The molecule has 2 bridgehead atoms. The van der Waals surface area contributed by atoms with Crippen LogP contribution in [0.15, 0.2) is 24.3 Å². The van der Waals surface area contributed by atoms with E-state index in [9.17, 15) is 14.7 Å². The van der Waals surface area contributed by atoms with Crippen molar-refractivity contribution in [3.05, 3.63) is 51.8 Å². The lowest BCUT2D eigenvalue weighted by atomic mass is 9.98. The molecule has 5 rings (SSSR count). The zero-order chi connectivity index (χ0) is 26.8. The molecule has 0 saturated carbocycles. The fourth-order valence-electron chi connectivity index (χ4n) is 5.33. The highest BCUT2D eigenvalue weighted by Gasteiger charge is 2.33. The van der Waals surface area contributed by atoms with Gasteiger partial charge < -0.3 is 25.0 Å². The lowest BCUT2D eigenvalue weighted by Crippen LogP contribution is -2.39. The first kappa shape index (κ1) is 26.2. The van der Waals surface area contributed by atoms with E-state index < -0.39 is 0 Å². The second-order valence-corrected chi connectivity index (χ2v) is 10.3. The van der Waals surface area contributed by atoms with Gasteiger partial charge in [-0.1, -0.05) is 11.6 Å². The van der Waals surface area contributed by atoms with Crippen molar-refractivity contribution in [1.82, 2.24) is 24.8 Å². The molecule has 10 nitrogen and oxygen atoms in total. The summed E-state index contributed by atoms with van der Waals surface area (Å²) >= 11 is 6.27. The number of aryl methyl sites for hydroxylation is 1. The molecule has 202 valence electrons. The van der Waals surface area contributed by atoms with E-state index in [2.05, 4.69) is 10.2 Å². The summed E-state index contributed by atoms with van der Waals surface area (Å²) in [5, 5.41) is 17.7. The molecule has 0 radical (unpaired) electrons. The predicted molar refractivity (Wildman–Crippen MR) is 144 cm³/mol. The Balaban J connectivity index is 1.65. The van der Waals surface area contributed by atoms with Gasteiger partial charge in [-0.2, -0.15) is 9.61 Å². The second-order valence-electron chi connectivity index (χ2n) is 9.88. The monoisotopic (exact) mass is 540 g/mol. The molecule has 1 saturated heterocycles.